The number of benzene rings is 1. The van der Waals surface area contributed by atoms with Gasteiger partial charge < -0.3 is 10.6 Å². The molecule has 98 valence electrons. The van der Waals surface area contributed by atoms with Gasteiger partial charge in [0.2, 0.25) is 0 Å². The Bertz CT molecular complexity index is 448. The molecule has 1 aromatic rings. The van der Waals surface area contributed by atoms with Crippen LogP contribution >= 0.6 is 0 Å². The number of piperidine rings is 1. The lowest BCUT2D eigenvalue weighted by Crippen LogP contribution is -2.41. The fourth-order valence-electron chi connectivity index (χ4n) is 2.45. The number of aryl methyl sites for hydroxylation is 1. The average molecular weight is 249 g/mol. The first-order chi connectivity index (χ1) is 8.54. The SMILES string of the molecule is Cc1cc(NC2CCNC(C)C2)cc([N+](=O)[O-])c1. The van der Waals surface area contributed by atoms with E-state index >= 15 is 0 Å². The van der Waals surface area contributed by atoms with E-state index in [-0.39, 0.29) is 10.6 Å². The standard InChI is InChI=1S/C13H19N3O2/c1-9-5-12(8-13(6-9)16(17)18)15-11-3-4-14-10(2)7-11/h5-6,8,10-11,14-15H,3-4,7H2,1-2H3. The number of hydrogen-bond donors (Lipinski definition) is 2. The van der Waals surface area contributed by atoms with Gasteiger partial charge in [-0.2, -0.15) is 0 Å². The first kappa shape index (κ1) is 12.8. The maximum Gasteiger partial charge on any atom is 0.271 e. The van der Waals surface area contributed by atoms with Gasteiger partial charge in [0.05, 0.1) is 4.92 Å². The van der Waals surface area contributed by atoms with Crippen LogP contribution < -0.4 is 10.6 Å². The summed E-state index contributed by atoms with van der Waals surface area (Å²) in [6.45, 7) is 5.03. The van der Waals surface area contributed by atoms with Crippen LogP contribution in [0.5, 0.6) is 0 Å². The van der Waals surface area contributed by atoms with Gasteiger partial charge in [-0.05, 0) is 44.9 Å². The molecule has 2 N–H and O–H groups in total. The normalized spacial score (nSPS) is 23.7. The van der Waals surface area contributed by atoms with E-state index in [2.05, 4.69) is 17.6 Å². The molecule has 2 rings (SSSR count). The molecule has 2 unspecified atom stereocenters. The number of nitro benzene ring substituents is 1. The van der Waals surface area contributed by atoms with Gasteiger partial charge in [-0.3, -0.25) is 10.1 Å². The molecule has 1 aliphatic rings. The molecule has 0 saturated carbocycles. The average Bonchev–Trinajstić information content (AvgIpc) is 2.28. The molecule has 5 heteroatoms. The first-order valence-corrected chi connectivity index (χ1v) is 6.30. The highest BCUT2D eigenvalue weighted by atomic mass is 16.6. The maximum absolute atomic E-state index is 10.8. The van der Waals surface area contributed by atoms with Crippen LogP contribution in [-0.2, 0) is 0 Å². The van der Waals surface area contributed by atoms with Crippen LogP contribution in [0.2, 0.25) is 0 Å². The van der Waals surface area contributed by atoms with E-state index in [4.69, 9.17) is 0 Å². The number of non-ortho nitro benzene ring substituents is 1. The van der Waals surface area contributed by atoms with Crippen LogP contribution in [-0.4, -0.2) is 23.6 Å². The Morgan fingerprint density at radius 1 is 1.44 bits per heavy atom. The number of nitro groups is 1. The molecule has 1 aliphatic heterocycles. The Kier molecular flexibility index (Phi) is 3.81. The minimum atomic E-state index is -0.344. The van der Waals surface area contributed by atoms with Gasteiger partial charge in [-0.25, -0.2) is 0 Å². The van der Waals surface area contributed by atoms with E-state index in [0.717, 1.165) is 30.6 Å². The highest BCUT2D eigenvalue weighted by Gasteiger charge is 2.18. The van der Waals surface area contributed by atoms with E-state index < -0.39 is 0 Å². The summed E-state index contributed by atoms with van der Waals surface area (Å²) >= 11 is 0. The second kappa shape index (κ2) is 5.35. The highest BCUT2D eigenvalue weighted by molar-refractivity contribution is 5.54. The Hall–Kier alpha value is -1.62. The number of nitrogens with zero attached hydrogens (tertiary/aromatic N) is 1. The summed E-state index contributed by atoms with van der Waals surface area (Å²) < 4.78 is 0. The second-order valence-corrected chi connectivity index (χ2v) is 5.04. The number of nitrogens with one attached hydrogen (secondary N) is 2. The quantitative estimate of drug-likeness (QED) is 0.638. The predicted molar refractivity (Wildman–Crippen MR) is 71.9 cm³/mol. The van der Waals surface area contributed by atoms with Crippen molar-refractivity contribution >= 4 is 11.4 Å². The van der Waals surface area contributed by atoms with E-state index in [1.165, 1.54) is 0 Å². The Morgan fingerprint density at radius 3 is 2.89 bits per heavy atom. The summed E-state index contributed by atoms with van der Waals surface area (Å²) in [4.78, 5) is 10.5. The third-order valence-electron chi connectivity index (χ3n) is 3.27. The molecule has 0 spiro atoms. The van der Waals surface area contributed by atoms with Gasteiger partial charge in [-0.1, -0.05) is 0 Å². The summed E-state index contributed by atoms with van der Waals surface area (Å²) in [6, 6.07) is 6.05. The zero-order valence-electron chi connectivity index (χ0n) is 10.8. The van der Waals surface area contributed by atoms with Crippen LogP contribution in [0.3, 0.4) is 0 Å². The Labute approximate surface area is 107 Å². The van der Waals surface area contributed by atoms with Crippen molar-refractivity contribution in [1.29, 1.82) is 0 Å². The monoisotopic (exact) mass is 249 g/mol. The molecule has 1 aromatic carbocycles. The van der Waals surface area contributed by atoms with Gasteiger partial charge in [-0.15, -0.1) is 0 Å². The number of hydrogen-bond acceptors (Lipinski definition) is 4. The molecule has 1 fully saturated rings. The summed E-state index contributed by atoms with van der Waals surface area (Å²) in [6.07, 6.45) is 2.09. The van der Waals surface area contributed by atoms with Crippen molar-refractivity contribution in [3.63, 3.8) is 0 Å². The molecule has 1 heterocycles. The zero-order chi connectivity index (χ0) is 13.1. The van der Waals surface area contributed by atoms with Crippen LogP contribution in [0.1, 0.15) is 25.3 Å². The van der Waals surface area contributed by atoms with Crippen molar-refractivity contribution in [1.82, 2.24) is 5.32 Å². The molecule has 0 aliphatic carbocycles. The Morgan fingerprint density at radius 2 is 2.22 bits per heavy atom. The molecule has 5 nitrogen and oxygen atoms in total. The van der Waals surface area contributed by atoms with E-state index in [1.807, 2.05) is 13.0 Å². The molecule has 1 saturated heterocycles. The number of rotatable bonds is 3. The lowest BCUT2D eigenvalue weighted by molar-refractivity contribution is -0.384. The molecule has 0 amide bonds. The third kappa shape index (κ3) is 3.20. The van der Waals surface area contributed by atoms with Crippen molar-refractivity contribution in [2.45, 2.75) is 38.8 Å². The Balaban J connectivity index is 2.10. The molecule has 2 atom stereocenters. The second-order valence-electron chi connectivity index (χ2n) is 5.04. The van der Waals surface area contributed by atoms with E-state index in [9.17, 15) is 10.1 Å². The van der Waals surface area contributed by atoms with Gasteiger partial charge >= 0.3 is 0 Å². The predicted octanol–water partition coefficient (Wildman–Crippen LogP) is 2.46. The third-order valence-corrected chi connectivity index (χ3v) is 3.27. The fourth-order valence-corrected chi connectivity index (χ4v) is 2.45. The molecular formula is C13H19N3O2. The van der Waals surface area contributed by atoms with Crippen molar-refractivity contribution in [3.05, 3.63) is 33.9 Å². The fraction of sp³-hybridized carbons (Fsp3) is 0.538. The topological polar surface area (TPSA) is 67.2 Å². The summed E-state index contributed by atoms with van der Waals surface area (Å²) in [7, 11) is 0. The summed E-state index contributed by atoms with van der Waals surface area (Å²) in [5, 5.41) is 17.6. The van der Waals surface area contributed by atoms with Crippen molar-refractivity contribution in [2.75, 3.05) is 11.9 Å². The molecule has 0 aromatic heterocycles. The van der Waals surface area contributed by atoms with Gasteiger partial charge in [0.1, 0.15) is 0 Å². The summed E-state index contributed by atoms with van der Waals surface area (Å²) in [5.74, 6) is 0. The van der Waals surface area contributed by atoms with Gasteiger partial charge in [0.15, 0.2) is 0 Å². The van der Waals surface area contributed by atoms with Crippen molar-refractivity contribution < 1.29 is 4.92 Å². The van der Waals surface area contributed by atoms with Crippen molar-refractivity contribution in [3.8, 4) is 0 Å². The number of anilines is 1. The summed E-state index contributed by atoms with van der Waals surface area (Å²) in [5.41, 5.74) is 1.91. The van der Waals surface area contributed by atoms with Crippen LogP contribution in [0.15, 0.2) is 18.2 Å². The first-order valence-electron chi connectivity index (χ1n) is 6.30. The molecular weight excluding hydrogens is 230 g/mol. The van der Waals surface area contributed by atoms with Crippen LogP contribution in [0.4, 0.5) is 11.4 Å². The highest BCUT2D eigenvalue weighted by Crippen LogP contribution is 2.23. The lowest BCUT2D eigenvalue weighted by Gasteiger charge is -2.29. The van der Waals surface area contributed by atoms with E-state index in [1.54, 1.807) is 12.1 Å². The van der Waals surface area contributed by atoms with Crippen LogP contribution in [0.25, 0.3) is 0 Å². The largest absolute Gasteiger partial charge is 0.382 e. The minimum Gasteiger partial charge on any atom is -0.382 e. The minimum absolute atomic E-state index is 0.152. The smallest absolute Gasteiger partial charge is 0.271 e. The molecule has 18 heavy (non-hydrogen) atoms. The van der Waals surface area contributed by atoms with Gasteiger partial charge in [0, 0.05) is 29.9 Å². The molecule has 0 bridgehead atoms. The lowest BCUT2D eigenvalue weighted by atomic mass is 10.00. The molecule has 0 radical (unpaired) electrons. The van der Waals surface area contributed by atoms with Crippen LogP contribution in [0, 0.1) is 17.0 Å². The van der Waals surface area contributed by atoms with E-state index in [0.29, 0.717) is 12.1 Å². The zero-order valence-corrected chi connectivity index (χ0v) is 10.8. The van der Waals surface area contributed by atoms with Crippen molar-refractivity contribution in [2.24, 2.45) is 0 Å². The maximum atomic E-state index is 10.8. The van der Waals surface area contributed by atoms with Gasteiger partial charge in [0.25, 0.3) is 5.69 Å².